The molecule has 1 amide bonds. The zero-order chi connectivity index (χ0) is 21.1. The van der Waals surface area contributed by atoms with Crippen LogP contribution in [-0.4, -0.2) is 29.3 Å². The maximum absolute atomic E-state index is 13.0. The smallest absolute Gasteiger partial charge is 0.252 e. The van der Waals surface area contributed by atoms with Gasteiger partial charge in [-0.15, -0.1) is 0 Å². The predicted octanol–water partition coefficient (Wildman–Crippen LogP) is 4.68. The number of carbonyl (C=O) groups is 1. The third kappa shape index (κ3) is 4.26. The average Bonchev–Trinajstić information content (AvgIpc) is 3.10. The molecule has 0 aliphatic carbocycles. The summed E-state index contributed by atoms with van der Waals surface area (Å²) in [5, 5.41) is 7.37. The molecular weight excluding hydrogens is 406 g/mol. The minimum atomic E-state index is -0.461. The lowest BCUT2D eigenvalue weighted by atomic mass is 10.0. The van der Waals surface area contributed by atoms with Crippen molar-refractivity contribution in [2.45, 2.75) is 26.3 Å². The molecule has 2 aromatic carbocycles. The lowest BCUT2D eigenvalue weighted by Gasteiger charge is -2.19. The molecule has 0 fully saturated rings. The van der Waals surface area contributed by atoms with Crippen LogP contribution in [-0.2, 0) is 0 Å². The van der Waals surface area contributed by atoms with E-state index in [1.54, 1.807) is 12.1 Å². The van der Waals surface area contributed by atoms with Gasteiger partial charge in [0, 0.05) is 17.5 Å². The Morgan fingerprint density at radius 1 is 1.13 bits per heavy atom. The summed E-state index contributed by atoms with van der Waals surface area (Å²) < 4.78 is 16.8. The van der Waals surface area contributed by atoms with Crippen molar-refractivity contribution >= 4 is 17.5 Å². The molecule has 1 aliphatic heterocycles. The van der Waals surface area contributed by atoms with E-state index in [1.807, 2.05) is 44.2 Å². The number of nitrogens with zero attached hydrogens (tertiary/aromatic N) is 2. The molecular formula is C22H22ClN3O4. The Hall–Kier alpha value is -3.06. The summed E-state index contributed by atoms with van der Waals surface area (Å²) in [6.07, 6.45) is 0.753. The van der Waals surface area contributed by atoms with Gasteiger partial charge in [0.25, 0.3) is 5.91 Å². The van der Waals surface area contributed by atoms with Gasteiger partial charge < -0.3 is 19.3 Å². The molecule has 0 unspecified atom stereocenters. The van der Waals surface area contributed by atoms with Gasteiger partial charge in [-0.3, -0.25) is 4.79 Å². The van der Waals surface area contributed by atoms with Crippen LogP contribution in [0.3, 0.4) is 0 Å². The van der Waals surface area contributed by atoms with Gasteiger partial charge in [0.15, 0.2) is 11.5 Å². The highest BCUT2D eigenvalue weighted by atomic mass is 35.5. The number of benzene rings is 2. The quantitative estimate of drug-likeness (QED) is 0.636. The molecule has 1 atom stereocenters. The third-order valence-electron chi connectivity index (χ3n) is 4.76. The van der Waals surface area contributed by atoms with Crippen LogP contribution in [0.15, 0.2) is 47.0 Å². The van der Waals surface area contributed by atoms with Crippen LogP contribution in [0.5, 0.6) is 11.5 Å². The van der Waals surface area contributed by atoms with E-state index in [1.165, 1.54) is 0 Å². The lowest BCUT2D eigenvalue weighted by Crippen LogP contribution is -2.32. The first-order chi connectivity index (χ1) is 14.5. The Labute approximate surface area is 179 Å². The zero-order valence-corrected chi connectivity index (χ0v) is 17.5. The summed E-state index contributed by atoms with van der Waals surface area (Å²) in [6, 6.07) is 12.3. The van der Waals surface area contributed by atoms with E-state index in [-0.39, 0.29) is 11.8 Å². The SMILES string of the molecule is CC(C)[C@@H](NC(=O)c1cc(Cl)c2c(c1)OCCCO2)c1nc(-c2ccccc2)no1. The number of hydrogen-bond donors (Lipinski definition) is 1. The Morgan fingerprint density at radius 2 is 1.90 bits per heavy atom. The summed E-state index contributed by atoms with van der Waals surface area (Å²) in [5.74, 6) is 1.47. The zero-order valence-electron chi connectivity index (χ0n) is 16.7. The van der Waals surface area contributed by atoms with E-state index in [2.05, 4.69) is 15.5 Å². The number of rotatable bonds is 5. The van der Waals surface area contributed by atoms with Crippen molar-refractivity contribution in [3.8, 4) is 22.9 Å². The number of amides is 1. The molecule has 0 spiro atoms. The molecule has 3 aromatic rings. The van der Waals surface area contributed by atoms with E-state index in [9.17, 15) is 4.79 Å². The summed E-state index contributed by atoms with van der Waals surface area (Å²) in [4.78, 5) is 17.5. The first-order valence-electron chi connectivity index (χ1n) is 9.82. The maximum Gasteiger partial charge on any atom is 0.252 e. The standard InChI is InChI=1S/C22H22ClN3O4/c1-13(2)18(22-25-20(26-30-22)14-7-4-3-5-8-14)24-21(27)15-11-16(23)19-17(12-15)28-9-6-10-29-19/h3-5,7-8,11-13,18H,6,9-10H2,1-2H3,(H,24,27)/t18-/m1/s1. The van der Waals surface area contributed by atoms with Crippen LogP contribution in [0.2, 0.25) is 5.02 Å². The second kappa shape index (κ2) is 8.75. The van der Waals surface area contributed by atoms with E-state index in [0.717, 1.165) is 12.0 Å². The number of aromatic nitrogens is 2. The Balaban J connectivity index is 1.57. The fourth-order valence-electron chi connectivity index (χ4n) is 3.17. The highest BCUT2D eigenvalue weighted by molar-refractivity contribution is 6.32. The van der Waals surface area contributed by atoms with Crippen molar-refractivity contribution < 1.29 is 18.8 Å². The van der Waals surface area contributed by atoms with Crippen molar-refractivity contribution in [2.75, 3.05) is 13.2 Å². The summed E-state index contributed by atoms with van der Waals surface area (Å²) in [5.41, 5.74) is 1.22. The largest absolute Gasteiger partial charge is 0.489 e. The van der Waals surface area contributed by atoms with Crippen LogP contribution in [0.25, 0.3) is 11.4 Å². The van der Waals surface area contributed by atoms with Gasteiger partial charge >= 0.3 is 0 Å². The second-order valence-electron chi connectivity index (χ2n) is 7.35. The van der Waals surface area contributed by atoms with Gasteiger partial charge in [-0.2, -0.15) is 4.98 Å². The minimum absolute atomic E-state index is 0.0221. The molecule has 1 aromatic heterocycles. The number of hydrogen-bond acceptors (Lipinski definition) is 6. The number of fused-ring (bicyclic) bond motifs is 1. The van der Waals surface area contributed by atoms with Crippen molar-refractivity contribution in [3.63, 3.8) is 0 Å². The van der Waals surface area contributed by atoms with Gasteiger partial charge in [0.05, 0.1) is 18.2 Å². The van der Waals surface area contributed by atoms with Crippen molar-refractivity contribution in [1.29, 1.82) is 0 Å². The van der Waals surface area contributed by atoms with E-state index in [0.29, 0.717) is 47.0 Å². The molecule has 0 radical (unpaired) electrons. The topological polar surface area (TPSA) is 86.5 Å². The average molecular weight is 428 g/mol. The number of carbonyl (C=O) groups excluding carboxylic acids is 1. The fourth-order valence-corrected chi connectivity index (χ4v) is 3.43. The van der Waals surface area contributed by atoms with Gasteiger partial charge in [0.1, 0.15) is 6.04 Å². The Bertz CT molecular complexity index is 1040. The number of ether oxygens (including phenoxy) is 2. The summed E-state index contributed by atoms with van der Waals surface area (Å²) in [7, 11) is 0. The molecule has 0 saturated heterocycles. The molecule has 1 N–H and O–H groups in total. The fraction of sp³-hybridized carbons (Fsp3) is 0.318. The molecule has 156 valence electrons. The van der Waals surface area contributed by atoms with E-state index >= 15 is 0 Å². The monoisotopic (exact) mass is 427 g/mol. The van der Waals surface area contributed by atoms with Crippen molar-refractivity contribution in [1.82, 2.24) is 15.5 Å². The predicted molar refractivity (Wildman–Crippen MR) is 112 cm³/mol. The van der Waals surface area contributed by atoms with Crippen LogP contribution in [0, 0.1) is 5.92 Å². The van der Waals surface area contributed by atoms with Crippen molar-refractivity contribution in [3.05, 3.63) is 58.9 Å². The number of nitrogens with one attached hydrogen (secondary N) is 1. The molecule has 4 rings (SSSR count). The van der Waals surface area contributed by atoms with Gasteiger partial charge in [-0.05, 0) is 18.1 Å². The van der Waals surface area contributed by atoms with Crippen LogP contribution in [0.1, 0.15) is 42.6 Å². The molecule has 8 heteroatoms. The lowest BCUT2D eigenvalue weighted by molar-refractivity contribution is 0.0913. The van der Waals surface area contributed by atoms with Crippen LogP contribution >= 0.6 is 11.6 Å². The molecule has 0 bridgehead atoms. The van der Waals surface area contributed by atoms with Crippen molar-refractivity contribution in [2.24, 2.45) is 5.92 Å². The molecule has 0 saturated carbocycles. The molecule has 2 heterocycles. The summed E-state index contributed by atoms with van der Waals surface area (Å²) >= 11 is 6.33. The maximum atomic E-state index is 13.0. The normalized spacial score (nSPS) is 14.3. The highest BCUT2D eigenvalue weighted by Crippen LogP contribution is 2.38. The second-order valence-corrected chi connectivity index (χ2v) is 7.76. The first-order valence-corrected chi connectivity index (χ1v) is 10.2. The highest BCUT2D eigenvalue weighted by Gasteiger charge is 2.26. The molecule has 1 aliphatic rings. The van der Waals surface area contributed by atoms with Gasteiger partial charge in [-0.1, -0.05) is 60.9 Å². The van der Waals surface area contributed by atoms with Gasteiger partial charge in [0.2, 0.25) is 11.7 Å². The molecule has 7 nitrogen and oxygen atoms in total. The van der Waals surface area contributed by atoms with Crippen LogP contribution in [0.4, 0.5) is 0 Å². The van der Waals surface area contributed by atoms with E-state index < -0.39 is 6.04 Å². The number of halogens is 1. The summed E-state index contributed by atoms with van der Waals surface area (Å²) in [6.45, 7) is 4.97. The van der Waals surface area contributed by atoms with Gasteiger partial charge in [-0.25, -0.2) is 0 Å². The van der Waals surface area contributed by atoms with E-state index in [4.69, 9.17) is 25.6 Å². The first kappa shape index (κ1) is 20.2. The molecule has 30 heavy (non-hydrogen) atoms. The minimum Gasteiger partial charge on any atom is -0.489 e. The third-order valence-corrected chi connectivity index (χ3v) is 5.04. The Kier molecular flexibility index (Phi) is 5.90. The Morgan fingerprint density at radius 3 is 2.67 bits per heavy atom. The van der Waals surface area contributed by atoms with Crippen LogP contribution < -0.4 is 14.8 Å².